The Labute approximate surface area is 130 Å². The molecule has 0 aliphatic rings. The molecule has 0 amide bonds. The van der Waals surface area contributed by atoms with Gasteiger partial charge in [-0.15, -0.1) is 11.7 Å². The van der Waals surface area contributed by atoms with Crippen LogP contribution >= 0.6 is 0 Å². The summed E-state index contributed by atoms with van der Waals surface area (Å²) in [5.41, 5.74) is 2.85. The number of benzene rings is 2. The molecule has 2 atom stereocenters. The molecule has 2 unspecified atom stereocenters. The van der Waals surface area contributed by atoms with E-state index in [1.54, 1.807) is 0 Å². The lowest BCUT2D eigenvalue weighted by atomic mass is 10.2. The van der Waals surface area contributed by atoms with Crippen molar-refractivity contribution in [3.8, 4) is 0 Å². The Kier molecular flexibility index (Phi) is 4.30. The summed E-state index contributed by atoms with van der Waals surface area (Å²) in [6, 6.07) is 18.0. The maximum Gasteiger partial charge on any atom is 0.179 e. The SMILES string of the molecule is C=CC(CC)OC(c1ccccc1)n1nnc2ccccc21. The van der Waals surface area contributed by atoms with Crippen LogP contribution in [0.1, 0.15) is 25.1 Å². The molecule has 0 N–H and O–H groups in total. The molecular weight excluding hydrogens is 274 g/mol. The van der Waals surface area contributed by atoms with Gasteiger partial charge in [0, 0.05) is 5.56 Å². The number of rotatable bonds is 6. The monoisotopic (exact) mass is 293 g/mol. The Morgan fingerprint density at radius 2 is 1.86 bits per heavy atom. The van der Waals surface area contributed by atoms with Gasteiger partial charge in [-0.2, -0.15) is 0 Å². The fourth-order valence-electron chi connectivity index (χ4n) is 2.44. The molecule has 0 saturated carbocycles. The van der Waals surface area contributed by atoms with Gasteiger partial charge in [-0.05, 0) is 18.6 Å². The molecule has 4 heteroatoms. The molecule has 0 aliphatic heterocycles. The highest BCUT2D eigenvalue weighted by Gasteiger charge is 2.20. The fourth-order valence-corrected chi connectivity index (χ4v) is 2.44. The standard InChI is InChI=1S/C18H19N3O/c1-3-15(4-2)22-18(14-10-6-5-7-11-14)21-17-13-9-8-12-16(17)19-20-21/h3,5-13,15,18H,1,4H2,2H3. The number of hydrogen-bond acceptors (Lipinski definition) is 3. The molecule has 22 heavy (non-hydrogen) atoms. The van der Waals surface area contributed by atoms with Crippen molar-refractivity contribution in [2.24, 2.45) is 0 Å². The number of nitrogens with zero attached hydrogens (tertiary/aromatic N) is 3. The normalized spacial score (nSPS) is 13.9. The quantitative estimate of drug-likeness (QED) is 0.646. The molecule has 2 aromatic carbocycles. The molecule has 0 fully saturated rings. The second-order valence-electron chi connectivity index (χ2n) is 5.10. The van der Waals surface area contributed by atoms with Gasteiger partial charge < -0.3 is 4.74 Å². The molecule has 1 aromatic heterocycles. The maximum absolute atomic E-state index is 6.23. The number of para-hydroxylation sites is 1. The highest BCUT2D eigenvalue weighted by molar-refractivity contribution is 5.74. The van der Waals surface area contributed by atoms with Crippen LogP contribution in [0, 0.1) is 0 Å². The lowest BCUT2D eigenvalue weighted by molar-refractivity contribution is -0.0126. The summed E-state index contributed by atoms with van der Waals surface area (Å²) < 4.78 is 8.06. The van der Waals surface area contributed by atoms with Crippen LogP contribution in [0.5, 0.6) is 0 Å². The minimum Gasteiger partial charge on any atom is -0.345 e. The first-order valence-electron chi connectivity index (χ1n) is 7.46. The zero-order valence-corrected chi connectivity index (χ0v) is 12.6. The summed E-state index contributed by atoms with van der Waals surface area (Å²) in [5, 5.41) is 8.53. The first kappa shape index (κ1) is 14.5. The third-order valence-corrected chi connectivity index (χ3v) is 3.65. The molecule has 0 aliphatic carbocycles. The van der Waals surface area contributed by atoms with Crippen molar-refractivity contribution in [1.29, 1.82) is 0 Å². The zero-order valence-electron chi connectivity index (χ0n) is 12.6. The van der Waals surface area contributed by atoms with Crippen molar-refractivity contribution in [1.82, 2.24) is 15.0 Å². The van der Waals surface area contributed by atoms with Crippen LogP contribution in [0.25, 0.3) is 11.0 Å². The van der Waals surface area contributed by atoms with E-state index < -0.39 is 0 Å². The summed E-state index contributed by atoms with van der Waals surface area (Å²) in [4.78, 5) is 0. The Bertz CT molecular complexity index is 751. The predicted octanol–water partition coefficient (Wildman–Crippen LogP) is 3.96. The zero-order chi connectivity index (χ0) is 15.4. The summed E-state index contributed by atoms with van der Waals surface area (Å²) >= 11 is 0. The molecule has 1 heterocycles. The van der Waals surface area contributed by atoms with Gasteiger partial charge in [-0.25, -0.2) is 4.68 Å². The van der Waals surface area contributed by atoms with Gasteiger partial charge in [0.2, 0.25) is 0 Å². The molecule has 0 radical (unpaired) electrons. The van der Waals surface area contributed by atoms with Crippen molar-refractivity contribution < 1.29 is 4.74 Å². The first-order chi connectivity index (χ1) is 10.8. The van der Waals surface area contributed by atoms with Crippen LogP contribution < -0.4 is 0 Å². The van der Waals surface area contributed by atoms with Crippen molar-refractivity contribution >= 4 is 11.0 Å². The molecule has 0 bridgehead atoms. The van der Waals surface area contributed by atoms with Crippen LogP contribution in [0.3, 0.4) is 0 Å². The molecule has 4 nitrogen and oxygen atoms in total. The van der Waals surface area contributed by atoms with Crippen molar-refractivity contribution in [2.45, 2.75) is 25.7 Å². The highest BCUT2D eigenvalue weighted by atomic mass is 16.5. The Balaban J connectivity index is 2.06. The predicted molar refractivity (Wildman–Crippen MR) is 87.5 cm³/mol. The van der Waals surface area contributed by atoms with Crippen molar-refractivity contribution in [3.63, 3.8) is 0 Å². The molecule has 3 aromatic rings. The van der Waals surface area contributed by atoms with Crippen molar-refractivity contribution in [2.75, 3.05) is 0 Å². The number of ether oxygens (including phenoxy) is 1. The van der Waals surface area contributed by atoms with E-state index in [4.69, 9.17) is 4.74 Å². The largest absolute Gasteiger partial charge is 0.345 e. The number of fused-ring (bicyclic) bond motifs is 1. The van der Waals surface area contributed by atoms with E-state index in [0.717, 1.165) is 23.0 Å². The summed E-state index contributed by atoms with van der Waals surface area (Å²) in [6.07, 6.45) is 2.33. The van der Waals surface area contributed by atoms with E-state index in [0.29, 0.717) is 0 Å². The average Bonchev–Trinajstić information content (AvgIpc) is 3.01. The molecule has 112 valence electrons. The Hall–Kier alpha value is -2.46. The molecule has 0 saturated heterocycles. The second kappa shape index (κ2) is 6.54. The van der Waals surface area contributed by atoms with Gasteiger partial charge >= 0.3 is 0 Å². The highest BCUT2D eigenvalue weighted by Crippen LogP contribution is 2.25. The smallest absolute Gasteiger partial charge is 0.179 e. The molecule has 0 spiro atoms. The average molecular weight is 293 g/mol. The Morgan fingerprint density at radius 3 is 2.59 bits per heavy atom. The lowest BCUT2D eigenvalue weighted by Gasteiger charge is -2.23. The van der Waals surface area contributed by atoms with E-state index in [9.17, 15) is 0 Å². The third kappa shape index (κ3) is 2.78. The van der Waals surface area contributed by atoms with Crippen molar-refractivity contribution in [3.05, 3.63) is 72.8 Å². The van der Waals surface area contributed by atoms with Gasteiger partial charge in [0.1, 0.15) is 5.52 Å². The minimum absolute atomic E-state index is 0.0341. The van der Waals surface area contributed by atoms with Crippen LogP contribution in [-0.4, -0.2) is 21.1 Å². The summed E-state index contributed by atoms with van der Waals surface area (Å²) in [6.45, 7) is 5.93. The molecule has 3 rings (SSSR count). The molecular formula is C18H19N3O. The van der Waals surface area contributed by atoms with Crippen LogP contribution in [0.15, 0.2) is 67.3 Å². The first-order valence-corrected chi connectivity index (χ1v) is 7.46. The number of hydrogen-bond donors (Lipinski definition) is 0. The van der Waals surface area contributed by atoms with Crippen LogP contribution in [-0.2, 0) is 4.74 Å². The van der Waals surface area contributed by atoms with E-state index in [1.807, 2.05) is 65.4 Å². The van der Waals surface area contributed by atoms with Gasteiger partial charge in [-0.3, -0.25) is 0 Å². The summed E-state index contributed by atoms with van der Waals surface area (Å²) in [7, 11) is 0. The van der Waals surface area contributed by atoms with E-state index in [-0.39, 0.29) is 12.3 Å². The second-order valence-corrected chi connectivity index (χ2v) is 5.10. The van der Waals surface area contributed by atoms with E-state index in [1.165, 1.54) is 0 Å². The maximum atomic E-state index is 6.23. The summed E-state index contributed by atoms with van der Waals surface area (Å²) in [5.74, 6) is 0. The van der Waals surface area contributed by atoms with Gasteiger partial charge in [-0.1, -0.05) is 60.7 Å². The lowest BCUT2D eigenvalue weighted by Crippen LogP contribution is -2.21. The topological polar surface area (TPSA) is 39.9 Å². The van der Waals surface area contributed by atoms with Crippen LogP contribution in [0.4, 0.5) is 0 Å². The Morgan fingerprint density at radius 1 is 1.14 bits per heavy atom. The van der Waals surface area contributed by atoms with E-state index >= 15 is 0 Å². The minimum atomic E-state index is -0.323. The van der Waals surface area contributed by atoms with Gasteiger partial charge in [0.25, 0.3) is 0 Å². The fraction of sp³-hybridized carbons (Fsp3) is 0.222. The van der Waals surface area contributed by atoms with Gasteiger partial charge in [0.15, 0.2) is 6.23 Å². The van der Waals surface area contributed by atoms with Crippen LogP contribution in [0.2, 0.25) is 0 Å². The third-order valence-electron chi connectivity index (χ3n) is 3.65. The van der Waals surface area contributed by atoms with E-state index in [2.05, 4.69) is 23.8 Å². The van der Waals surface area contributed by atoms with Gasteiger partial charge in [0.05, 0.1) is 11.6 Å². The number of aromatic nitrogens is 3.